The first kappa shape index (κ1) is 15.0. The Bertz CT molecular complexity index is 662. The van der Waals surface area contributed by atoms with Gasteiger partial charge in [0.1, 0.15) is 12.4 Å². The van der Waals surface area contributed by atoms with Crippen molar-refractivity contribution in [3.05, 3.63) is 64.7 Å². The van der Waals surface area contributed by atoms with E-state index in [-0.39, 0.29) is 6.61 Å². The fourth-order valence-corrected chi connectivity index (χ4v) is 1.93. The van der Waals surface area contributed by atoms with Crippen LogP contribution < -0.4 is 10.2 Å². The van der Waals surface area contributed by atoms with E-state index in [0.717, 1.165) is 16.1 Å². The monoisotopic (exact) mass is 298 g/mol. The van der Waals surface area contributed by atoms with Crippen LogP contribution in [0.25, 0.3) is 0 Å². The fraction of sp³-hybridized carbons (Fsp3) is 0.118. The lowest BCUT2D eigenvalue weighted by atomic mass is 10.2. The Labute approximate surface area is 129 Å². The quantitative estimate of drug-likeness (QED) is 0.503. The summed E-state index contributed by atoms with van der Waals surface area (Å²) in [5, 5.41) is 4.90. The van der Waals surface area contributed by atoms with Gasteiger partial charge in [-0.2, -0.15) is 5.10 Å². The minimum atomic E-state index is 0.234. The van der Waals surface area contributed by atoms with Gasteiger partial charge in [0.05, 0.1) is 12.8 Å². The molecule has 2 aromatic rings. The lowest BCUT2D eigenvalue weighted by Crippen LogP contribution is -2.06. The van der Waals surface area contributed by atoms with Gasteiger partial charge in [-0.1, -0.05) is 47.9 Å². The molecule has 0 aliphatic carbocycles. The van der Waals surface area contributed by atoms with Gasteiger partial charge < -0.3 is 10.2 Å². The summed E-state index contributed by atoms with van der Waals surface area (Å²) < 4.78 is 5.44. The Morgan fingerprint density at radius 2 is 1.95 bits per heavy atom. The lowest BCUT2D eigenvalue weighted by Gasteiger charge is -2.06. The van der Waals surface area contributed by atoms with Gasteiger partial charge in [0.2, 0.25) is 0 Å². The Balaban J connectivity index is 1.96. The highest BCUT2D eigenvalue weighted by Crippen LogP contribution is 2.16. The van der Waals surface area contributed by atoms with Gasteiger partial charge >= 0.3 is 0 Å². The van der Waals surface area contributed by atoms with Gasteiger partial charge in [0, 0.05) is 10.6 Å². The molecule has 0 aliphatic rings. The standard InChI is InChI=1S/C17H15ClN2O/c1-2-11-21-17-10-6-4-8-15(17)13-20-19-12-14-7-3-5-9-16(14)18/h1,3-10,13,19H,11-12H2/b20-13-. The zero-order chi connectivity index (χ0) is 14.9. The molecular formula is C17H15ClN2O. The Morgan fingerprint density at radius 3 is 2.76 bits per heavy atom. The van der Waals surface area contributed by atoms with E-state index in [9.17, 15) is 0 Å². The van der Waals surface area contributed by atoms with Crippen molar-refractivity contribution in [3.8, 4) is 18.1 Å². The number of para-hydroxylation sites is 1. The largest absolute Gasteiger partial charge is 0.480 e. The van der Waals surface area contributed by atoms with Crippen LogP contribution in [0.4, 0.5) is 0 Å². The highest BCUT2D eigenvalue weighted by Gasteiger charge is 1.99. The van der Waals surface area contributed by atoms with E-state index in [1.807, 2.05) is 48.5 Å². The molecule has 0 saturated carbocycles. The van der Waals surface area contributed by atoms with Crippen molar-refractivity contribution in [1.29, 1.82) is 0 Å². The molecule has 2 aromatic carbocycles. The van der Waals surface area contributed by atoms with E-state index in [1.54, 1.807) is 6.21 Å². The van der Waals surface area contributed by atoms with Crippen molar-refractivity contribution in [2.45, 2.75) is 6.54 Å². The second kappa shape index (κ2) is 7.98. The summed E-state index contributed by atoms with van der Waals surface area (Å²) >= 11 is 6.07. The molecule has 1 N–H and O–H groups in total. The number of ether oxygens (including phenoxy) is 1. The summed E-state index contributed by atoms with van der Waals surface area (Å²) in [6.45, 7) is 0.793. The van der Waals surface area contributed by atoms with Gasteiger partial charge in [-0.25, -0.2) is 0 Å². The third kappa shape index (κ3) is 4.55. The predicted octanol–water partition coefficient (Wildman–Crippen LogP) is 3.48. The number of nitrogens with one attached hydrogen (secondary N) is 1. The summed E-state index contributed by atoms with van der Waals surface area (Å²) in [5.74, 6) is 3.15. The molecule has 0 fully saturated rings. The molecule has 0 spiro atoms. The van der Waals surface area contributed by atoms with E-state index in [4.69, 9.17) is 22.8 Å². The maximum Gasteiger partial charge on any atom is 0.148 e. The summed E-state index contributed by atoms with van der Waals surface area (Å²) in [5.41, 5.74) is 4.82. The predicted molar refractivity (Wildman–Crippen MR) is 86.7 cm³/mol. The number of halogens is 1. The summed E-state index contributed by atoms with van der Waals surface area (Å²) in [7, 11) is 0. The minimum absolute atomic E-state index is 0.234. The first-order chi connectivity index (χ1) is 10.3. The average Bonchev–Trinajstić information content (AvgIpc) is 2.52. The maximum absolute atomic E-state index is 6.07. The van der Waals surface area contributed by atoms with Gasteiger partial charge in [-0.3, -0.25) is 0 Å². The van der Waals surface area contributed by atoms with Crippen LogP contribution in [0.3, 0.4) is 0 Å². The number of rotatable bonds is 6. The molecular weight excluding hydrogens is 284 g/mol. The number of benzene rings is 2. The topological polar surface area (TPSA) is 33.6 Å². The molecule has 106 valence electrons. The Hall–Kier alpha value is -2.44. The molecule has 0 amide bonds. The number of terminal acetylenes is 1. The molecule has 2 rings (SSSR count). The van der Waals surface area contributed by atoms with Crippen molar-refractivity contribution < 1.29 is 4.74 Å². The second-order valence-corrected chi connectivity index (χ2v) is 4.62. The van der Waals surface area contributed by atoms with E-state index >= 15 is 0 Å². The minimum Gasteiger partial charge on any atom is -0.480 e. The highest BCUT2D eigenvalue weighted by atomic mass is 35.5. The maximum atomic E-state index is 6.07. The van der Waals surface area contributed by atoms with Crippen LogP contribution in [0.15, 0.2) is 53.6 Å². The molecule has 0 aromatic heterocycles. The van der Waals surface area contributed by atoms with Crippen molar-refractivity contribution in [2.75, 3.05) is 6.61 Å². The van der Waals surface area contributed by atoms with Crippen molar-refractivity contribution >= 4 is 17.8 Å². The van der Waals surface area contributed by atoms with E-state index in [2.05, 4.69) is 16.4 Å². The molecule has 4 heteroatoms. The van der Waals surface area contributed by atoms with Crippen LogP contribution in [-0.2, 0) is 6.54 Å². The second-order valence-electron chi connectivity index (χ2n) is 4.22. The molecule has 0 radical (unpaired) electrons. The number of nitrogens with zero attached hydrogens (tertiary/aromatic N) is 1. The van der Waals surface area contributed by atoms with Crippen molar-refractivity contribution in [3.63, 3.8) is 0 Å². The number of hydrazone groups is 1. The normalized spacial score (nSPS) is 10.3. The van der Waals surface area contributed by atoms with E-state index < -0.39 is 0 Å². The van der Waals surface area contributed by atoms with Crippen LogP contribution in [0.2, 0.25) is 5.02 Å². The highest BCUT2D eigenvalue weighted by molar-refractivity contribution is 6.31. The summed E-state index contributed by atoms with van der Waals surface area (Å²) in [6, 6.07) is 15.2. The molecule has 21 heavy (non-hydrogen) atoms. The zero-order valence-corrected chi connectivity index (χ0v) is 12.2. The van der Waals surface area contributed by atoms with E-state index in [1.165, 1.54) is 0 Å². The molecule has 0 aliphatic heterocycles. The molecule has 0 unspecified atom stereocenters. The smallest absolute Gasteiger partial charge is 0.148 e. The third-order valence-corrected chi connectivity index (χ3v) is 3.12. The van der Waals surface area contributed by atoms with Crippen molar-refractivity contribution in [2.24, 2.45) is 5.10 Å². The first-order valence-corrected chi connectivity index (χ1v) is 6.83. The molecule has 0 saturated heterocycles. The molecule has 0 heterocycles. The van der Waals surface area contributed by atoms with Crippen LogP contribution in [0.1, 0.15) is 11.1 Å². The Morgan fingerprint density at radius 1 is 1.19 bits per heavy atom. The van der Waals surface area contributed by atoms with Crippen LogP contribution >= 0.6 is 11.6 Å². The third-order valence-electron chi connectivity index (χ3n) is 2.75. The van der Waals surface area contributed by atoms with Crippen molar-refractivity contribution in [1.82, 2.24) is 5.43 Å². The molecule has 3 nitrogen and oxygen atoms in total. The van der Waals surface area contributed by atoms with Gasteiger partial charge in [0.15, 0.2) is 0 Å². The summed E-state index contributed by atoms with van der Waals surface area (Å²) in [4.78, 5) is 0. The SMILES string of the molecule is C#CCOc1ccccc1/C=N\NCc1ccccc1Cl. The van der Waals surface area contributed by atoms with Gasteiger partial charge in [0.25, 0.3) is 0 Å². The number of hydrogen-bond acceptors (Lipinski definition) is 3. The van der Waals surface area contributed by atoms with Crippen LogP contribution in [0, 0.1) is 12.3 Å². The number of hydrogen-bond donors (Lipinski definition) is 1. The van der Waals surface area contributed by atoms with E-state index in [0.29, 0.717) is 12.3 Å². The Kier molecular flexibility index (Phi) is 5.69. The first-order valence-electron chi connectivity index (χ1n) is 6.46. The van der Waals surface area contributed by atoms with Crippen LogP contribution in [0.5, 0.6) is 5.75 Å². The zero-order valence-electron chi connectivity index (χ0n) is 11.4. The average molecular weight is 299 g/mol. The molecule has 0 atom stereocenters. The summed E-state index contributed by atoms with van der Waals surface area (Å²) in [6.07, 6.45) is 6.89. The fourth-order valence-electron chi connectivity index (χ4n) is 1.73. The van der Waals surface area contributed by atoms with Gasteiger partial charge in [-0.05, 0) is 23.8 Å². The van der Waals surface area contributed by atoms with Gasteiger partial charge in [-0.15, -0.1) is 6.42 Å². The molecule has 0 bridgehead atoms. The lowest BCUT2D eigenvalue weighted by molar-refractivity contribution is 0.370. The van der Waals surface area contributed by atoms with Crippen LogP contribution in [-0.4, -0.2) is 12.8 Å².